The van der Waals surface area contributed by atoms with E-state index in [-0.39, 0.29) is 0 Å². The van der Waals surface area contributed by atoms with Gasteiger partial charge in [-0.25, -0.2) is 4.98 Å². The zero-order chi connectivity index (χ0) is 45.9. The standard InChI is InChI=1S/C66H43N3O/c1-4-18-42(19-5-1)46-39-56(43-20-6-2-7-21-43)67-57(40-46)50-26-17-32-61-64(50)51-38-44(35-37-59(51)68(61)47-22-8-3-9-23-47)45-34-36-54-63(41-45)70-62-33-15-12-28-53(62)66(54)52-27-11-14-31-60(52)69-58-30-13-10-24-48(58)49-25-16-29-55(66)65(49)69/h1-9,11-12,14-41H,10,13H2. The maximum Gasteiger partial charge on any atom is 0.132 e. The lowest BCUT2D eigenvalue weighted by molar-refractivity contribution is 0.434. The molecule has 70 heavy (non-hydrogen) atoms. The van der Waals surface area contributed by atoms with Gasteiger partial charge in [-0.05, 0) is 107 Å². The Morgan fingerprint density at radius 3 is 1.94 bits per heavy atom. The van der Waals surface area contributed by atoms with Gasteiger partial charge in [0, 0.05) is 54.7 Å². The average Bonchev–Trinajstić information content (AvgIpc) is 3.96. The molecule has 3 aromatic heterocycles. The molecular formula is C66H43N3O. The summed E-state index contributed by atoms with van der Waals surface area (Å²) in [6.45, 7) is 0. The van der Waals surface area contributed by atoms with E-state index in [9.17, 15) is 0 Å². The van der Waals surface area contributed by atoms with Crippen LogP contribution in [0.4, 0.5) is 0 Å². The predicted octanol–water partition coefficient (Wildman–Crippen LogP) is 14.9. The first-order chi connectivity index (χ1) is 34.7. The number of pyridine rings is 1. The summed E-state index contributed by atoms with van der Waals surface area (Å²) < 4.78 is 12.0. The first kappa shape index (κ1) is 39.0. The molecule has 4 nitrogen and oxygen atoms in total. The normalized spacial score (nSPS) is 15.1. The highest BCUT2D eigenvalue weighted by atomic mass is 16.5. The summed E-state index contributed by atoms with van der Waals surface area (Å²) in [4.78, 5) is 5.46. The van der Waals surface area contributed by atoms with Crippen LogP contribution in [-0.4, -0.2) is 14.1 Å². The third-order valence-electron chi connectivity index (χ3n) is 15.2. The molecule has 1 unspecified atom stereocenters. The van der Waals surface area contributed by atoms with Crippen molar-refractivity contribution in [2.45, 2.75) is 18.3 Å². The van der Waals surface area contributed by atoms with Gasteiger partial charge in [0.25, 0.3) is 0 Å². The number of hydrogen-bond donors (Lipinski definition) is 0. The van der Waals surface area contributed by atoms with E-state index in [1.807, 2.05) is 0 Å². The number of aromatic nitrogens is 3. The quantitative estimate of drug-likeness (QED) is 0.172. The van der Waals surface area contributed by atoms with Gasteiger partial charge in [0.2, 0.25) is 0 Å². The molecule has 0 N–H and O–H groups in total. The number of fused-ring (bicyclic) bond motifs is 14. The van der Waals surface area contributed by atoms with Crippen LogP contribution in [0.5, 0.6) is 11.5 Å². The molecule has 328 valence electrons. The second-order valence-corrected chi connectivity index (χ2v) is 18.9. The zero-order valence-corrected chi connectivity index (χ0v) is 38.2. The van der Waals surface area contributed by atoms with E-state index in [1.165, 1.54) is 38.3 Å². The Bertz CT molecular complexity index is 4200. The third kappa shape index (κ3) is 5.50. The Labute approximate surface area is 405 Å². The van der Waals surface area contributed by atoms with Crippen LogP contribution >= 0.6 is 0 Å². The minimum absolute atomic E-state index is 0.613. The van der Waals surface area contributed by atoms with E-state index >= 15 is 0 Å². The van der Waals surface area contributed by atoms with Crippen molar-refractivity contribution in [3.8, 4) is 67.6 Å². The second kappa shape index (κ2) is 15.0. The van der Waals surface area contributed by atoms with E-state index in [0.29, 0.717) is 0 Å². The summed E-state index contributed by atoms with van der Waals surface area (Å²) >= 11 is 0. The number of rotatable bonds is 5. The minimum atomic E-state index is -0.613. The number of para-hydroxylation sites is 4. The first-order valence-electron chi connectivity index (χ1n) is 24.3. The fourth-order valence-corrected chi connectivity index (χ4v) is 12.3. The summed E-state index contributed by atoms with van der Waals surface area (Å²) in [5.41, 5.74) is 18.7. The van der Waals surface area contributed by atoms with Crippen molar-refractivity contribution in [3.05, 3.63) is 257 Å². The summed E-state index contributed by atoms with van der Waals surface area (Å²) in [7, 11) is 0. The summed E-state index contributed by atoms with van der Waals surface area (Å²) in [6, 6.07) is 81.6. The molecule has 1 aliphatic carbocycles. The molecule has 0 bridgehead atoms. The van der Waals surface area contributed by atoms with E-state index < -0.39 is 5.41 Å². The van der Waals surface area contributed by atoms with Crippen LogP contribution in [0.25, 0.3) is 101 Å². The Kier molecular flexibility index (Phi) is 8.37. The minimum Gasteiger partial charge on any atom is -0.457 e. The Balaban J connectivity index is 0.967. The van der Waals surface area contributed by atoms with Crippen LogP contribution in [-0.2, 0) is 5.41 Å². The zero-order valence-electron chi connectivity index (χ0n) is 38.2. The van der Waals surface area contributed by atoms with Gasteiger partial charge in [0.1, 0.15) is 11.5 Å². The van der Waals surface area contributed by atoms with E-state index in [4.69, 9.17) is 9.72 Å². The fraction of sp³-hybridized carbons (Fsp3) is 0.0455. The van der Waals surface area contributed by atoms with Crippen molar-refractivity contribution in [2.24, 2.45) is 0 Å². The summed E-state index contributed by atoms with van der Waals surface area (Å²) in [6.07, 6.45) is 6.97. The van der Waals surface area contributed by atoms with Gasteiger partial charge in [0.05, 0.1) is 39.0 Å². The number of hydrogen-bond acceptors (Lipinski definition) is 2. The van der Waals surface area contributed by atoms with Gasteiger partial charge in [-0.2, -0.15) is 0 Å². The molecule has 1 atom stereocenters. The lowest BCUT2D eigenvalue weighted by Gasteiger charge is -2.45. The average molecular weight is 894 g/mol. The molecule has 12 aromatic rings. The van der Waals surface area contributed by atoms with Crippen LogP contribution in [0.15, 0.2) is 224 Å². The van der Waals surface area contributed by atoms with Crippen molar-refractivity contribution in [1.29, 1.82) is 0 Å². The highest BCUT2D eigenvalue weighted by Gasteiger charge is 2.50. The third-order valence-corrected chi connectivity index (χ3v) is 15.2. The molecule has 5 heterocycles. The molecular weight excluding hydrogens is 851 g/mol. The van der Waals surface area contributed by atoms with E-state index in [2.05, 4.69) is 246 Å². The van der Waals surface area contributed by atoms with Crippen molar-refractivity contribution < 1.29 is 4.74 Å². The monoisotopic (exact) mass is 893 g/mol. The number of benzene rings is 9. The Morgan fingerprint density at radius 1 is 0.414 bits per heavy atom. The maximum atomic E-state index is 7.11. The van der Waals surface area contributed by atoms with Crippen LogP contribution in [0.3, 0.4) is 0 Å². The summed E-state index contributed by atoms with van der Waals surface area (Å²) in [5, 5.41) is 6.27. The van der Waals surface area contributed by atoms with Crippen molar-refractivity contribution in [1.82, 2.24) is 14.1 Å². The maximum absolute atomic E-state index is 7.11. The highest BCUT2D eigenvalue weighted by molar-refractivity contribution is 6.16. The van der Waals surface area contributed by atoms with Crippen LogP contribution in [0.1, 0.15) is 35.1 Å². The predicted molar refractivity (Wildman–Crippen MR) is 287 cm³/mol. The molecule has 2 aliphatic heterocycles. The number of nitrogens with zero attached hydrogens (tertiary/aromatic N) is 3. The van der Waals surface area contributed by atoms with Crippen LogP contribution in [0.2, 0.25) is 0 Å². The van der Waals surface area contributed by atoms with Crippen LogP contribution in [0, 0.1) is 0 Å². The summed E-state index contributed by atoms with van der Waals surface area (Å²) in [5.74, 6) is 1.75. The highest BCUT2D eigenvalue weighted by Crippen LogP contribution is 2.59. The van der Waals surface area contributed by atoms with Gasteiger partial charge >= 0.3 is 0 Å². The lowest BCUT2D eigenvalue weighted by Crippen LogP contribution is -2.39. The van der Waals surface area contributed by atoms with Crippen molar-refractivity contribution in [3.63, 3.8) is 0 Å². The van der Waals surface area contributed by atoms with Gasteiger partial charge in [-0.3, -0.25) is 0 Å². The SMILES string of the molecule is C1=c2c(n3c4c(cccc24)C2(c4ccccc4Oc4cc(-c5ccc6c(c5)c5c(-c7cc(-c8ccccc8)cc(-c8ccccc8)n7)cccc5n6-c5ccccc5)ccc42)c2ccccc2-3)=CCC1. The van der Waals surface area contributed by atoms with Gasteiger partial charge in [0.15, 0.2) is 0 Å². The number of ether oxygens (including phenoxy) is 1. The lowest BCUT2D eigenvalue weighted by atomic mass is 9.61. The van der Waals surface area contributed by atoms with Gasteiger partial charge < -0.3 is 13.9 Å². The van der Waals surface area contributed by atoms with E-state index in [0.717, 1.165) is 108 Å². The Morgan fingerprint density at radius 2 is 1.09 bits per heavy atom. The smallest absolute Gasteiger partial charge is 0.132 e. The van der Waals surface area contributed by atoms with Crippen LogP contribution < -0.4 is 15.3 Å². The molecule has 0 radical (unpaired) electrons. The molecule has 15 rings (SSSR count). The van der Waals surface area contributed by atoms with E-state index in [1.54, 1.807) is 0 Å². The largest absolute Gasteiger partial charge is 0.457 e. The second-order valence-electron chi connectivity index (χ2n) is 18.9. The molecule has 0 fully saturated rings. The molecule has 4 heteroatoms. The van der Waals surface area contributed by atoms with Gasteiger partial charge in [-0.1, -0.05) is 176 Å². The topological polar surface area (TPSA) is 32.0 Å². The molecule has 9 aromatic carbocycles. The first-order valence-corrected chi connectivity index (χ1v) is 24.3. The van der Waals surface area contributed by atoms with Gasteiger partial charge in [-0.15, -0.1) is 0 Å². The molecule has 1 spiro atoms. The Hall–Kier alpha value is -8.99. The molecule has 0 saturated carbocycles. The molecule has 3 aliphatic rings. The van der Waals surface area contributed by atoms with Crippen molar-refractivity contribution in [2.75, 3.05) is 0 Å². The molecule has 0 amide bonds. The molecule has 0 saturated heterocycles. The fourth-order valence-electron chi connectivity index (χ4n) is 12.3. The van der Waals surface area contributed by atoms with Crippen molar-refractivity contribution >= 4 is 44.9 Å².